The normalized spacial score (nSPS) is 15.8. The van der Waals surface area contributed by atoms with Crippen molar-refractivity contribution in [1.29, 1.82) is 0 Å². The van der Waals surface area contributed by atoms with Crippen LogP contribution in [0, 0.1) is 6.92 Å². The number of hydrogen-bond acceptors (Lipinski definition) is 8. The van der Waals surface area contributed by atoms with Gasteiger partial charge >= 0.3 is 0 Å². The van der Waals surface area contributed by atoms with Gasteiger partial charge in [-0.3, -0.25) is 24.2 Å². The Morgan fingerprint density at radius 3 is 2.48 bits per heavy atom. The Kier molecular flexibility index (Phi) is 9.16. The fourth-order valence-electron chi connectivity index (χ4n) is 5.61. The standard InChI is InChI=1S/C31H40N8O3/c1-3-4-5-12-33-30-29-25(34-31(32)35-30)10-13-38(29)21-24-7-6-23(19-22(24)2)20-36-15-17-37(18-16-36)26(40)11-14-39-27(41)8-9-28(39)42/h6-10,13,19H,3-5,11-12,14-18,20-21H2,1-2H3,(H3,32,33,34,35). The first-order valence-corrected chi connectivity index (χ1v) is 14.8. The molecule has 3 aromatic rings. The number of nitrogens with zero attached hydrogens (tertiary/aromatic N) is 6. The van der Waals surface area contributed by atoms with Crippen molar-refractivity contribution in [2.45, 2.75) is 52.6 Å². The molecule has 3 N–H and O–H groups in total. The van der Waals surface area contributed by atoms with E-state index in [4.69, 9.17) is 5.73 Å². The predicted octanol–water partition coefficient (Wildman–Crippen LogP) is 2.93. The SMILES string of the molecule is CCCCCNc1nc(N)nc2ccn(Cc3ccc(CN4CCN(C(=O)CCN5C(=O)C=CC5=O)CC4)cc3C)c12. The highest BCUT2D eigenvalue weighted by Crippen LogP contribution is 2.25. The van der Waals surface area contributed by atoms with Crippen molar-refractivity contribution < 1.29 is 14.4 Å². The van der Waals surface area contributed by atoms with Crippen molar-refractivity contribution in [3.05, 3.63) is 59.3 Å². The van der Waals surface area contributed by atoms with Crippen LogP contribution in [0.15, 0.2) is 42.6 Å². The number of unbranched alkanes of at least 4 members (excludes halogenated alkanes) is 2. The predicted molar refractivity (Wildman–Crippen MR) is 163 cm³/mol. The van der Waals surface area contributed by atoms with Crippen LogP contribution in [0.4, 0.5) is 11.8 Å². The minimum Gasteiger partial charge on any atom is -0.368 e. The van der Waals surface area contributed by atoms with Crippen molar-refractivity contribution in [1.82, 2.24) is 29.2 Å². The summed E-state index contributed by atoms with van der Waals surface area (Å²) < 4.78 is 2.18. The molecule has 0 aliphatic carbocycles. The number of benzene rings is 1. The number of nitrogen functional groups attached to an aromatic ring is 1. The number of carbonyl (C=O) groups excluding carboxylic acids is 3. The van der Waals surface area contributed by atoms with Crippen LogP contribution in [0.2, 0.25) is 0 Å². The summed E-state index contributed by atoms with van der Waals surface area (Å²) in [5, 5.41) is 3.46. The molecule has 1 aromatic carbocycles. The Bertz CT molecular complexity index is 1470. The summed E-state index contributed by atoms with van der Waals surface area (Å²) in [4.78, 5) is 50.3. The van der Waals surface area contributed by atoms with E-state index in [0.29, 0.717) is 19.6 Å². The van der Waals surface area contributed by atoms with Crippen LogP contribution in [0.25, 0.3) is 11.0 Å². The Balaban J connectivity index is 1.15. The van der Waals surface area contributed by atoms with Crippen LogP contribution in [0.1, 0.15) is 49.3 Å². The third-order valence-electron chi connectivity index (χ3n) is 8.03. The molecule has 0 saturated carbocycles. The number of imide groups is 1. The molecule has 0 atom stereocenters. The smallest absolute Gasteiger partial charge is 0.253 e. The molecule has 0 spiro atoms. The lowest BCUT2D eigenvalue weighted by molar-refractivity contribution is -0.138. The third-order valence-corrected chi connectivity index (χ3v) is 8.03. The third kappa shape index (κ3) is 6.79. The first-order valence-electron chi connectivity index (χ1n) is 14.8. The fraction of sp³-hybridized carbons (Fsp3) is 0.452. The lowest BCUT2D eigenvalue weighted by Crippen LogP contribution is -2.49. The lowest BCUT2D eigenvalue weighted by Gasteiger charge is -2.35. The Morgan fingerprint density at radius 2 is 1.76 bits per heavy atom. The summed E-state index contributed by atoms with van der Waals surface area (Å²) in [6, 6.07) is 8.61. The van der Waals surface area contributed by atoms with Crippen molar-refractivity contribution in [3.8, 4) is 0 Å². The van der Waals surface area contributed by atoms with Gasteiger partial charge in [0.2, 0.25) is 11.9 Å². The van der Waals surface area contributed by atoms with E-state index in [2.05, 4.69) is 56.8 Å². The van der Waals surface area contributed by atoms with Crippen LogP contribution in [0.5, 0.6) is 0 Å². The van der Waals surface area contributed by atoms with Gasteiger partial charge in [0, 0.05) is 77.1 Å². The number of nitrogens with one attached hydrogen (secondary N) is 1. The highest BCUT2D eigenvalue weighted by Gasteiger charge is 2.26. The molecule has 42 heavy (non-hydrogen) atoms. The Morgan fingerprint density at radius 1 is 1.00 bits per heavy atom. The number of anilines is 2. The second kappa shape index (κ2) is 13.2. The molecule has 2 aliphatic rings. The molecule has 222 valence electrons. The molecular weight excluding hydrogens is 532 g/mol. The summed E-state index contributed by atoms with van der Waals surface area (Å²) in [6.45, 7) is 9.67. The molecule has 1 saturated heterocycles. The van der Waals surface area contributed by atoms with Gasteiger partial charge in [-0.05, 0) is 36.1 Å². The molecule has 0 radical (unpaired) electrons. The van der Waals surface area contributed by atoms with Gasteiger partial charge in [0.25, 0.3) is 11.8 Å². The molecule has 1 fully saturated rings. The average Bonchev–Trinajstić information content (AvgIpc) is 3.53. The molecule has 5 rings (SSSR count). The largest absolute Gasteiger partial charge is 0.368 e. The number of fused-ring (bicyclic) bond motifs is 1. The van der Waals surface area contributed by atoms with E-state index in [-0.39, 0.29) is 36.6 Å². The van der Waals surface area contributed by atoms with Crippen molar-refractivity contribution in [2.75, 3.05) is 50.3 Å². The van der Waals surface area contributed by atoms with Crippen molar-refractivity contribution in [2.24, 2.45) is 0 Å². The Labute approximate surface area is 246 Å². The highest BCUT2D eigenvalue weighted by atomic mass is 16.2. The van der Waals surface area contributed by atoms with Gasteiger partial charge in [-0.1, -0.05) is 38.0 Å². The zero-order valence-electron chi connectivity index (χ0n) is 24.5. The summed E-state index contributed by atoms with van der Waals surface area (Å²) >= 11 is 0. The molecule has 0 unspecified atom stereocenters. The lowest BCUT2D eigenvalue weighted by atomic mass is 10.0. The molecule has 2 aromatic heterocycles. The second-order valence-corrected chi connectivity index (χ2v) is 11.1. The van der Waals surface area contributed by atoms with E-state index in [9.17, 15) is 14.4 Å². The van der Waals surface area contributed by atoms with Crippen LogP contribution >= 0.6 is 0 Å². The van der Waals surface area contributed by atoms with Gasteiger partial charge < -0.3 is 20.5 Å². The van der Waals surface area contributed by atoms with Gasteiger partial charge in [0.15, 0.2) is 5.82 Å². The monoisotopic (exact) mass is 572 g/mol. The zero-order valence-corrected chi connectivity index (χ0v) is 24.5. The van der Waals surface area contributed by atoms with Crippen LogP contribution in [-0.4, -0.2) is 86.2 Å². The minimum atomic E-state index is -0.348. The number of nitrogens with two attached hydrogens (primary N) is 1. The second-order valence-electron chi connectivity index (χ2n) is 11.1. The quantitative estimate of drug-likeness (QED) is 0.250. The molecule has 3 amide bonds. The number of amides is 3. The van der Waals surface area contributed by atoms with Gasteiger partial charge in [-0.25, -0.2) is 4.98 Å². The molecular formula is C31H40N8O3. The van der Waals surface area contributed by atoms with Crippen LogP contribution in [-0.2, 0) is 27.5 Å². The molecule has 0 bridgehead atoms. The van der Waals surface area contributed by atoms with E-state index in [0.717, 1.165) is 60.8 Å². The maximum absolute atomic E-state index is 12.7. The zero-order chi connectivity index (χ0) is 29.6. The van der Waals surface area contributed by atoms with Gasteiger partial charge in [0.1, 0.15) is 5.52 Å². The number of piperazine rings is 1. The first-order chi connectivity index (χ1) is 20.3. The maximum atomic E-state index is 12.7. The molecule has 2 aliphatic heterocycles. The summed E-state index contributed by atoms with van der Waals surface area (Å²) in [5.41, 5.74) is 11.5. The van der Waals surface area contributed by atoms with E-state index < -0.39 is 0 Å². The number of aryl methyl sites for hydroxylation is 1. The van der Waals surface area contributed by atoms with Gasteiger partial charge in [-0.15, -0.1) is 0 Å². The fourth-order valence-corrected chi connectivity index (χ4v) is 5.61. The number of carbonyl (C=O) groups is 3. The molecule has 4 heterocycles. The minimum absolute atomic E-state index is 0.0210. The average molecular weight is 573 g/mol. The van der Waals surface area contributed by atoms with Gasteiger partial charge in [-0.2, -0.15) is 4.98 Å². The van der Waals surface area contributed by atoms with Crippen molar-refractivity contribution >= 4 is 40.5 Å². The van der Waals surface area contributed by atoms with E-state index in [1.54, 1.807) is 0 Å². The maximum Gasteiger partial charge on any atom is 0.253 e. The first kappa shape index (κ1) is 29.2. The molecule has 11 nitrogen and oxygen atoms in total. The van der Waals surface area contributed by atoms with Crippen LogP contribution < -0.4 is 11.1 Å². The van der Waals surface area contributed by atoms with E-state index >= 15 is 0 Å². The summed E-state index contributed by atoms with van der Waals surface area (Å²) in [6.07, 6.45) is 8.11. The van der Waals surface area contributed by atoms with Crippen LogP contribution in [0.3, 0.4) is 0 Å². The number of rotatable bonds is 12. The highest BCUT2D eigenvalue weighted by molar-refractivity contribution is 6.13. The number of hydrogen-bond donors (Lipinski definition) is 2. The van der Waals surface area contributed by atoms with E-state index in [1.165, 1.54) is 35.3 Å². The van der Waals surface area contributed by atoms with Gasteiger partial charge in [0.05, 0.1) is 5.52 Å². The summed E-state index contributed by atoms with van der Waals surface area (Å²) in [7, 11) is 0. The molecule has 11 heteroatoms. The Hall–Kier alpha value is -4.25. The topological polar surface area (TPSA) is 130 Å². The van der Waals surface area contributed by atoms with E-state index in [1.807, 2.05) is 17.2 Å². The summed E-state index contributed by atoms with van der Waals surface area (Å²) in [5.74, 6) is 0.336. The number of aromatic nitrogens is 3. The van der Waals surface area contributed by atoms with Crippen molar-refractivity contribution in [3.63, 3.8) is 0 Å².